The molecule has 0 aromatic heterocycles. The maximum Gasteiger partial charge on any atom is 0.337 e. The van der Waals surface area contributed by atoms with Gasteiger partial charge in [0, 0.05) is 37.4 Å². The van der Waals surface area contributed by atoms with E-state index in [0.717, 1.165) is 5.56 Å². The van der Waals surface area contributed by atoms with E-state index in [4.69, 9.17) is 4.74 Å². The van der Waals surface area contributed by atoms with E-state index in [0.29, 0.717) is 43.0 Å². The summed E-state index contributed by atoms with van der Waals surface area (Å²) in [5.41, 5.74) is 2.45. The lowest BCUT2D eigenvalue weighted by molar-refractivity contribution is 0.0600. The highest BCUT2D eigenvalue weighted by Gasteiger charge is 2.28. The lowest BCUT2D eigenvalue weighted by atomic mass is 10.1. The number of carbonyl (C=O) groups excluding carboxylic acids is 2. The number of hydrogen-bond acceptors (Lipinski definition) is 6. The molecule has 2 aromatic carbocycles. The number of sulfonamides is 1. The maximum atomic E-state index is 13.1. The smallest absolute Gasteiger partial charge is 0.337 e. The summed E-state index contributed by atoms with van der Waals surface area (Å²) in [4.78, 5) is 27.0. The van der Waals surface area contributed by atoms with Crippen LogP contribution in [0.5, 0.6) is 0 Å². The third kappa shape index (κ3) is 4.95. The number of methoxy groups -OCH3 is 1. The second-order valence-electron chi connectivity index (χ2n) is 7.66. The molecule has 0 bridgehead atoms. The molecule has 1 aliphatic rings. The van der Waals surface area contributed by atoms with Crippen molar-refractivity contribution in [3.8, 4) is 0 Å². The van der Waals surface area contributed by atoms with Crippen molar-refractivity contribution in [2.45, 2.75) is 18.7 Å². The standard InChI is InChI=1S/C22H27N3O5S/c1-15-6-8-18(31(28,29)25-11-9-24(3)10-12-25)14-19(15)21(26)23-20-13-17(22(27)30-4)7-5-16(20)2/h5-8,13-14H,9-12H2,1-4H3,(H,23,26). The monoisotopic (exact) mass is 445 g/mol. The molecule has 8 nitrogen and oxygen atoms in total. The molecule has 0 unspecified atom stereocenters. The van der Waals surface area contributed by atoms with E-state index in [9.17, 15) is 18.0 Å². The summed E-state index contributed by atoms with van der Waals surface area (Å²) in [7, 11) is -0.453. The average molecular weight is 446 g/mol. The molecule has 1 heterocycles. The topological polar surface area (TPSA) is 96.0 Å². The Morgan fingerprint density at radius 1 is 0.968 bits per heavy atom. The minimum atomic E-state index is -3.70. The van der Waals surface area contributed by atoms with E-state index >= 15 is 0 Å². The van der Waals surface area contributed by atoms with Crippen LogP contribution >= 0.6 is 0 Å². The molecule has 1 N–H and O–H groups in total. The Bertz CT molecular complexity index is 1110. The largest absolute Gasteiger partial charge is 0.465 e. The van der Waals surface area contributed by atoms with Crippen LogP contribution in [0.15, 0.2) is 41.3 Å². The number of nitrogens with zero attached hydrogens (tertiary/aromatic N) is 2. The van der Waals surface area contributed by atoms with Gasteiger partial charge in [0.15, 0.2) is 0 Å². The fourth-order valence-corrected chi connectivity index (χ4v) is 4.82. The molecular weight excluding hydrogens is 418 g/mol. The predicted octanol–water partition coefficient (Wildman–Crippen LogP) is 2.28. The summed E-state index contributed by atoms with van der Waals surface area (Å²) < 4.78 is 32.3. The number of ether oxygens (including phenoxy) is 1. The van der Waals surface area contributed by atoms with Crippen molar-refractivity contribution >= 4 is 27.6 Å². The average Bonchev–Trinajstić information content (AvgIpc) is 2.75. The van der Waals surface area contributed by atoms with E-state index in [1.54, 1.807) is 38.1 Å². The first-order valence-corrected chi connectivity index (χ1v) is 11.4. The molecule has 31 heavy (non-hydrogen) atoms. The Balaban J connectivity index is 1.88. The van der Waals surface area contributed by atoms with Crippen LogP contribution in [0.1, 0.15) is 31.8 Å². The fraction of sp³-hybridized carbons (Fsp3) is 0.364. The number of hydrogen-bond donors (Lipinski definition) is 1. The van der Waals surface area contributed by atoms with Crippen LogP contribution in [0.2, 0.25) is 0 Å². The summed E-state index contributed by atoms with van der Waals surface area (Å²) in [5, 5.41) is 2.79. The predicted molar refractivity (Wildman–Crippen MR) is 118 cm³/mol. The molecule has 1 amide bonds. The van der Waals surface area contributed by atoms with Crippen LogP contribution in [0, 0.1) is 13.8 Å². The van der Waals surface area contributed by atoms with Crippen molar-refractivity contribution in [1.29, 1.82) is 0 Å². The van der Waals surface area contributed by atoms with Gasteiger partial charge in [-0.2, -0.15) is 4.31 Å². The molecule has 1 fully saturated rings. The molecule has 2 aromatic rings. The van der Waals surface area contributed by atoms with Crippen molar-refractivity contribution in [3.63, 3.8) is 0 Å². The van der Waals surface area contributed by atoms with Gasteiger partial charge in [-0.15, -0.1) is 0 Å². The summed E-state index contributed by atoms with van der Waals surface area (Å²) in [6.45, 7) is 5.70. The van der Waals surface area contributed by atoms with Gasteiger partial charge in [0.2, 0.25) is 10.0 Å². The Morgan fingerprint density at radius 2 is 1.61 bits per heavy atom. The Hall–Kier alpha value is -2.75. The molecule has 0 saturated carbocycles. The highest BCUT2D eigenvalue weighted by Crippen LogP contribution is 2.23. The minimum Gasteiger partial charge on any atom is -0.465 e. The first-order valence-electron chi connectivity index (χ1n) is 9.93. The van der Waals surface area contributed by atoms with E-state index in [1.807, 2.05) is 7.05 Å². The van der Waals surface area contributed by atoms with Crippen LogP contribution in [0.25, 0.3) is 0 Å². The van der Waals surface area contributed by atoms with Crippen LogP contribution in [-0.4, -0.2) is 69.8 Å². The van der Waals surface area contributed by atoms with Gasteiger partial charge in [0.1, 0.15) is 0 Å². The van der Waals surface area contributed by atoms with E-state index in [-0.39, 0.29) is 10.5 Å². The number of nitrogens with one attached hydrogen (secondary N) is 1. The number of likely N-dealkylation sites (N-methyl/N-ethyl adjacent to an activating group) is 1. The highest BCUT2D eigenvalue weighted by molar-refractivity contribution is 7.89. The molecule has 9 heteroatoms. The molecule has 0 aliphatic carbocycles. The van der Waals surface area contributed by atoms with Crippen molar-refractivity contribution in [2.24, 2.45) is 0 Å². The second kappa shape index (κ2) is 9.17. The lowest BCUT2D eigenvalue weighted by Gasteiger charge is -2.31. The number of carbonyl (C=O) groups is 2. The van der Waals surface area contributed by atoms with Gasteiger partial charge < -0.3 is 15.0 Å². The zero-order chi connectivity index (χ0) is 22.8. The van der Waals surface area contributed by atoms with Crippen LogP contribution in [0.4, 0.5) is 5.69 Å². The zero-order valence-corrected chi connectivity index (χ0v) is 19.0. The van der Waals surface area contributed by atoms with Gasteiger partial charge in [-0.1, -0.05) is 12.1 Å². The van der Waals surface area contributed by atoms with E-state index in [1.165, 1.54) is 23.5 Å². The molecule has 0 atom stereocenters. The summed E-state index contributed by atoms with van der Waals surface area (Å²) in [6, 6.07) is 9.45. The van der Waals surface area contributed by atoms with Crippen molar-refractivity contribution in [2.75, 3.05) is 45.7 Å². The SMILES string of the molecule is COC(=O)c1ccc(C)c(NC(=O)c2cc(S(=O)(=O)N3CCN(C)CC3)ccc2C)c1. The van der Waals surface area contributed by atoms with Gasteiger partial charge in [0.05, 0.1) is 17.6 Å². The molecule has 1 saturated heterocycles. The minimum absolute atomic E-state index is 0.0906. The number of piperazine rings is 1. The Kier molecular flexibility index (Phi) is 6.78. The van der Waals surface area contributed by atoms with Crippen LogP contribution in [0.3, 0.4) is 0 Å². The Labute approximate surface area is 182 Å². The first-order chi connectivity index (χ1) is 14.6. The number of aryl methyl sites for hydroxylation is 2. The van der Waals surface area contributed by atoms with Gasteiger partial charge >= 0.3 is 5.97 Å². The molecule has 0 radical (unpaired) electrons. The summed E-state index contributed by atoms with van der Waals surface area (Å²) in [5.74, 6) is -0.954. The third-order valence-corrected chi connectivity index (χ3v) is 7.36. The van der Waals surface area contributed by atoms with E-state index in [2.05, 4.69) is 10.2 Å². The van der Waals surface area contributed by atoms with Crippen molar-refractivity contribution < 1.29 is 22.7 Å². The van der Waals surface area contributed by atoms with Crippen molar-refractivity contribution in [3.05, 3.63) is 58.7 Å². The van der Waals surface area contributed by atoms with Crippen LogP contribution in [-0.2, 0) is 14.8 Å². The maximum absolute atomic E-state index is 13.1. The van der Waals surface area contributed by atoms with Gasteiger partial charge in [-0.25, -0.2) is 13.2 Å². The number of benzene rings is 2. The quantitative estimate of drug-likeness (QED) is 0.710. The van der Waals surface area contributed by atoms with Gasteiger partial charge in [-0.05, 0) is 56.3 Å². The zero-order valence-electron chi connectivity index (χ0n) is 18.1. The van der Waals surface area contributed by atoms with E-state index < -0.39 is 21.9 Å². The molecule has 166 valence electrons. The second-order valence-corrected chi connectivity index (χ2v) is 9.60. The molecule has 1 aliphatic heterocycles. The molecular formula is C22H27N3O5S. The third-order valence-electron chi connectivity index (χ3n) is 5.46. The number of rotatable bonds is 5. The van der Waals surface area contributed by atoms with Crippen molar-refractivity contribution in [1.82, 2.24) is 9.21 Å². The lowest BCUT2D eigenvalue weighted by Crippen LogP contribution is -2.47. The molecule has 0 spiro atoms. The number of anilines is 1. The number of esters is 1. The number of amides is 1. The van der Waals surface area contributed by atoms with Gasteiger partial charge in [0.25, 0.3) is 5.91 Å². The normalized spacial score (nSPS) is 15.5. The van der Waals surface area contributed by atoms with Gasteiger partial charge in [-0.3, -0.25) is 4.79 Å². The Morgan fingerprint density at radius 3 is 2.26 bits per heavy atom. The molecule has 3 rings (SSSR count). The summed E-state index contributed by atoms with van der Waals surface area (Å²) >= 11 is 0. The fourth-order valence-electron chi connectivity index (χ4n) is 3.37. The summed E-state index contributed by atoms with van der Waals surface area (Å²) in [6.07, 6.45) is 0. The first kappa shape index (κ1) is 22.9. The highest BCUT2D eigenvalue weighted by atomic mass is 32.2. The van der Waals surface area contributed by atoms with Crippen LogP contribution < -0.4 is 5.32 Å².